The van der Waals surface area contributed by atoms with Crippen molar-refractivity contribution in [1.82, 2.24) is 0 Å². The molecule has 0 saturated carbocycles. The van der Waals surface area contributed by atoms with Gasteiger partial charge in [-0.05, 0) is 17.7 Å². The van der Waals surface area contributed by atoms with Crippen LogP contribution in [0.3, 0.4) is 0 Å². The minimum absolute atomic E-state index is 0.432. The van der Waals surface area contributed by atoms with Crippen molar-refractivity contribution in [1.29, 1.82) is 0 Å². The van der Waals surface area contributed by atoms with E-state index in [2.05, 4.69) is 0 Å². The van der Waals surface area contributed by atoms with Gasteiger partial charge in [-0.3, -0.25) is 0 Å². The molecule has 2 nitrogen and oxygen atoms in total. The van der Waals surface area contributed by atoms with Crippen LogP contribution < -0.4 is 20.7 Å². The van der Waals surface area contributed by atoms with Crippen molar-refractivity contribution in [2.45, 2.75) is 6.61 Å². The van der Waals surface area contributed by atoms with Crippen molar-refractivity contribution in [2.75, 3.05) is 0 Å². The Morgan fingerprint density at radius 1 is 0.571 bits per heavy atom. The number of para-hydroxylation sites is 1. The highest BCUT2D eigenvalue weighted by atomic mass is 31.2. The number of ether oxygens (including phenoxy) is 1. The smallest absolute Gasteiger partial charge is 0.174 e. The highest BCUT2D eigenvalue weighted by Crippen LogP contribution is 2.45. The fourth-order valence-electron chi connectivity index (χ4n) is 3.28. The van der Waals surface area contributed by atoms with Crippen molar-refractivity contribution < 1.29 is 9.30 Å². The molecule has 4 aromatic carbocycles. The summed E-state index contributed by atoms with van der Waals surface area (Å²) in [5, 5.41) is 2.33. The molecule has 0 spiro atoms. The van der Waals surface area contributed by atoms with E-state index in [1.54, 1.807) is 0 Å². The lowest BCUT2D eigenvalue weighted by Gasteiger charge is -2.22. The SMILES string of the molecule is O=P(c1ccccc1)(c1ccccc1)c1ccccc1OCc1ccccc1. The average Bonchev–Trinajstić information content (AvgIpc) is 2.79. The molecule has 0 unspecified atom stereocenters. The molecule has 0 radical (unpaired) electrons. The van der Waals surface area contributed by atoms with Gasteiger partial charge < -0.3 is 9.30 Å². The van der Waals surface area contributed by atoms with Gasteiger partial charge in [-0.15, -0.1) is 0 Å². The number of hydrogen-bond donors (Lipinski definition) is 0. The molecule has 0 aromatic heterocycles. The van der Waals surface area contributed by atoms with Gasteiger partial charge >= 0.3 is 0 Å². The first-order valence-electron chi connectivity index (χ1n) is 9.26. The van der Waals surface area contributed by atoms with E-state index in [1.807, 2.05) is 115 Å². The Kier molecular flexibility index (Phi) is 5.41. The second-order valence-corrected chi connectivity index (χ2v) is 9.26. The molecule has 4 aromatic rings. The number of benzene rings is 4. The molecular formula is C25H21O2P. The lowest BCUT2D eigenvalue weighted by Crippen LogP contribution is -2.26. The van der Waals surface area contributed by atoms with Crippen molar-refractivity contribution in [3.63, 3.8) is 0 Å². The monoisotopic (exact) mass is 384 g/mol. The van der Waals surface area contributed by atoms with Gasteiger partial charge in [-0.2, -0.15) is 0 Å². The van der Waals surface area contributed by atoms with Crippen molar-refractivity contribution in [3.8, 4) is 5.75 Å². The van der Waals surface area contributed by atoms with Crippen LogP contribution in [0, 0.1) is 0 Å². The van der Waals surface area contributed by atoms with E-state index in [4.69, 9.17) is 4.74 Å². The lowest BCUT2D eigenvalue weighted by molar-refractivity contribution is 0.308. The molecule has 0 saturated heterocycles. The first-order chi connectivity index (χ1) is 13.8. The van der Waals surface area contributed by atoms with Gasteiger partial charge in [0.1, 0.15) is 12.4 Å². The summed E-state index contributed by atoms with van der Waals surface area (Å²) in [6.07, 6.45) is 0. The number of hydrogen-bond acceptors (Lipinski definition) is 2. The topological polar surface area (TPSA) is 26.3 Å². The Morgan fingerprint density at radius 2 is 1.04 bits per heavy atom. The quantitative estimate of drug-likeness (QED) is 0.442. The molecule has 0 bridgehead atoms. The Bertz CT molecular complexity index is 1030. The Morgan fingerprint density at radius 3 is 1.61 bits per heavy atom. The summed E-state index contributed by atoms with van der Waals surface area (Å²) >= 11 is 0. The Balaban J connectivity index is 1.81. The third-order valence-electron chi connectivity index (χ3n) is 4.68. The van der Waals surface area contributed by atoms with Crippen LogP contribution >= 0.6 is 7.14 Å². The zero-order valence-corrected chi connectivity index (χ0v) is 16.3. The fourth-order valence-corrected chi connectivity index (χ4v) is 6.06. The molecule has 0 atom stereocenters. The molecule has 28 heavy (non-hydrogen) atoms. The van der Waals surface area contributed by atoms with Crippen molar-refractivity contribution >= 4 is 23.1 Å². The Hall–Kier alpha value is -3.09. The predicted octanol–water partition coefficient (Wildman–Crippen LogP) is 4.91. The molecule has 0 heterocycles. The van der Waals surface area contributed by atoms with E-state index in [0.717, 1.165) is 21.5 Å². The zero-order valence-electron chi connectivity index (χ0n) is 15.4. The highest BCUT2D eigenvalue weighted by Gasteiger charge is 2.32. The third-order valence-corrected chi connectivity index (χ3v) is 7.78. The number of rotatable bonds is 6. The third kappa shape index (κ3) is 3.65. The maximum Gasteiger partial charge on any atom is 0.174 e. The van der Waals surface area contributed by atoms with Gasteiger partial charge in [0.2, 0.25) is 0 Å². The molecule has 0 N–H and O–H groups in total. The first kappa shape index (κ1) is 18.3. The minimum atomic E-state index is -3.06. The van der Waals surface area contributed by atoms with Gasteiger partial charge in [0, 0.05) is 10.6 Å². The zero-order chi connectivity index (χ0) is 19.2. The maximum atomic E-state index is 14.6. The summed E-state index contributed by atoms with van der Waals surface area (Å²) in [5.74, 6) is 0.655. The molecule has 0 amide bonds. The molecular weight excluding hydrogens is 363 g/mol. The average molecular weight is 384 g/mol. The minimum Gasteiger partial charge on any atom is -0.488 e. The van der Waals surface area contributed by atoms with Crippen LogP contribution in [-0.4, -0.2) is 0 Å². The maximum absolute atomic E-state index is 14.6. The molecule has 0 aliphatic carbocycles. The van der Waals surface area contributed by atoms with E-state index >= 15 is 0 Å². The molecule has 138 valence electrons. The first-order valence-corrected chi connectivity index (χ1v) is 11.0. The van der Waals surface area contributed by atoms with Crippen LogP contribution in [0.2, 0.25) is 0 Å². The summed E-state index contributed by atoms with van der Waals surface area (Å²) < 4.78 is 20.7. The molecule has 3 heteroatoms. The highest BCUT2D eigenvalue weighted by molar-refractivity contribution is 7.85. The Labute approximate surface area is 165 Å². The summed E-state index contributed by atoms with van der Waals surface area (Å²) in [7, 11) is -3.06. The van der Waals surface area contributed by atoms with Crippen LogP contribution in [0.1, 0.15) is 5.56 Å². The largest absolute Gasteiger partial charge is 0.488 e. The molecule has 0 aliphatic rings. The van der Waals surface area contributed by atoms with Crippen LogP contribution in [0.5, 0.6) is 5.75 Å². The van der Waals surface area contributed by atoms with Crippen molar-refractivity contribution in [3.05, 3.63) is 121 Å². The standard InChI is InChI=1S/C25H21O2P/c26-28(22-14-6-2-7-15-22,23-16-8-3-9-17-23)25-19-11-10-18-24(25)27-20-21-12-4-1-5-13-21/h1-19H,20H2. The summed E-state index contributed by atoms with van der Waals surface area (Å²) in [5.41, 5.74) is 1.08. The molecule has 0 aliphatic heterocycles. The van der Waals surface area contributed by atoms with Gasteiger partial charge in [0.15, 0.2) is 7.14 Å². The lowest BCUT2D eigenvalue weighted by atomic mass is 10.2. The normalized spacial score (nSPS) is 11.1. The van der Waals surface area contributed by atoms with E-state index in [1.165, 1.54) is 0 Å². The van der Waals surface area contributed by atoms with Gasteiger partial charge in [0.05, 0.1) is 5.30 Å². The van der Waals surface area contributed by atoms with Crippen LogP contribution in [0.4, 0.5) is 0 Å². The van der Waals surface area contributed by atoms with E-state index < -0.39 is 7.14 Å². The summed E-state index contributed by atoms with van der Waals surface area (Å²) in [6, 6.07) is 37.0. The molecule has 4 rings (SSSR count). The summed E-state index contributed by atoms with van der Waals surface area (Å²) in [6.45, 7) is 0.432. The van der Waals surface area contributed by atoms with Gasteiger partial charge in [-0.25, -0.2) is 0 Å². The van der Waals surface area contributed by atoms with E-state index in [-0.39, 0.29) is 0 Å². The summed E-state index contributed by atoms with van der Waals surface area (Å²) in [4.78, 5) is 0. The van der Waals surface area contributed by atoms with Crippen molar-refractivity contribution in [2.24, 2.45) is 0 Å². The van der Waals surface area contributed by atoms with E-state index in [0.29, 0.717) is 12.4 Å². The predicted molar refractivity (Wildman–Crippen MR) is 117 cm³/mol. The molecule has 0 fully saturated rings. The van der Waals surface area contributed by atoms with Crippen LogP contribution in [0.15, 0.2) is 115 Å². The van der Waals surface area contributed by atoms with Gasteiger partial charge in [0.25, 0.3) is 0 Å². The second kappa shape index (κ2) is 8.29. The fraction of sp³-hybridized carbons (Fsp3) is 0.0400. The van der Waals surface area contributed by atoms with Crippen LogP contribution in [-0.2, 0) is 11.2 Å². The van der Waals surface area contributed by atoms with E-state index in [9.17, 15) is 4.57 Å². The van der Waals surface area contributed by atoms with Crippen LogP contribution in [0.25, 0.3) is 0 Å². The van der Waals surface area contributed by atoms with Gasteiger partial charge in [-0.1, -0.05) is 103 Å². The second-order valence-electron chi connectivity index (χ2n) is 6.52.